The molecule has 0 aliphatic heterocycles. The summed E-state index contributed by atoms with van der Waals surface area (Å²) in [5, 5.41) is 4.43. The lowest BCUT2D eigenvalue weighted by atomic mass is 9.94. The van der Waals surface area contributed by atoms with Gasteiger partial charge in [-0.05, 0) is 41.1 Å². The van der Waals surface area contributed by atoms with Crippen LogP contribution in [0.25, 0.3) is 0 Å². The number of hydrazine groups is 1. The van der Waals surface area contributed by atoms with Gasteiger partial charge in [0.25, 0.3) is 0 Å². The maximum Gasteiger partial charge on any atom is 0.0473 e. The second-order valence-corrected chi connectivity index (χ2v) is 5.36. The molecule has 2 nitrogen and oxygen atoms in total. The minimum absolute atomic E-state index is 0.361. The highest BCUT2D eigenvalue weighted by atomic mass is 32.1. The van der Waals surface area contributed by atoms with Crippen LogP contribution in [0.2, 0.25) is 0 Å². The molecule has 2 rings (SSSR count). The molecule has 1 aliphatic rings. The largest absolute Gasteiger partial charge is 0.271 e. The average Bonchev–Trinajstić information content (AvgIpc) is 2.85. The molecule has 1 saturated carbocycles. The Morgan fingerprint density at radius 1 is 1.47 bits per heavy atom. The van der Waals surface area contributed by atoms with Crippen LogP contribution in [0.1, 0.15) is 49.3 Å². The summed E-state index contributed by atoms with van der Waals surface area (Å²) in [5.74, 6) is 6.55. The van der Waals surface area contributed by atoms with Gasteiger partial charge in [0.1, 0.15) is 0 Å². The molecule has 1 unspecified atom stereocenters. The molecule has 0 aromatic carbocycles. The summed E-state index contributed by atoms with van der Waals surface area (Å²) in [7, 11) is 0. The SMILES string of the molecule is Cc1cscc1C(CC1CCCC1)NN. The molecule has 84 valence electrons. The molecular formula is C12H20N2S. The Balaban J connectivity index is 2.00. The van der Waals surface area contributed by atoms with E-state index in [9.17, 15) is 0 Å². The fourth-order valence-corrected chi connectivity index (χ4v) is 3.50. The minimum Gasteiger partial charge on any atom is -0.271 e. The summed E-state index contributed by atoms with van der Waals surface area (Å²) in [6.45, 7) is 2.17. The van der Waals surface area contributed by atoms with Crippen molar-refractivity contribution >= 4 is 11.3 Å². The average molecular weight is 224 g/mol. The van der Waals surface area contributed by atoms with Gasteiger partial charge in [-0.3, -0.25) is 11.3 Å². The van der Waals surface area contributed by atoms with Crippen LogP contribution in [0.15, 0.2) is 10.8 Å². The Kier molecular flexibility index (Phi) is 3.78. The first-order valence-electron chi connectivity index (χ1n) is 5.80. The molecule has 1 aliphatic carbocycles. The first-order chi connectivity index (χ1) is 7.31. The van der Waals surface area contributed by atoms with Crippen molar-refractivity contribution in [1.29, 1.82) is 0 Å². The number of nitrogens with one attached hydrogen (secondary N) is 1. The number of rotatable bonds is 4. The van der Waals surface area contributed by atoms with Crippen molar-refractivity contribution in [3.05, 3.63) is 21.9 Å². The first-order valence-corrected chi connectivity index (χ1v) is 6.74. The van der Waals surface area contributed by atoms with E-state index in [0.29, 0.717) is 6.04 Å². The fraction of sp³-hybridized carbons (Fsp3) is 0.667. The number of nitrogens with two attached hydrogens (primary N) is 1. The second kappa shape index (κ2) is 5.10. The molecule has 3 heteroatoms. The monoisotopic (exact) mass is 224 g/mol. The van der Waals surface area contributed by atoms with Gasteiger partial charge < -0.3 is 0 Å². The van der Waals surface area contributed by atoms with E-state index >= 15 is 0 Å². The quantitative estimate of drug-likeness (QED) is 0.609. The van der Waals surface area contributed by atoms with Crippen molar-refractivity contribution in [3.8, 4) is 0 Å². The molecule has 0 bridgehead atoms. The van der Waals surface area contributed by atoms with E-state index in [-0.39, 0.29) is 0 Å². The molecular weight excluding hydrogens is 204 g/mol. The predicted molar refractivity (Wildman–Crippen MR) is 65.7 cm³/mol. The molecule has 1 aromatic heterocycles. The van der Waals surface area contributed by atoms with Gasteiger partial charge in [-0.1, -0.05) is 25.7 Å². The Labute approximate surface area is 95.8 Å². The molecule has 0 amide bonds. The highest BCUT2D eigenvalue weighted by Crippen LogP contribution is 2.34. The zero-order valence-corrected chi connectivity index (χ0v) is 10.1. The number of hydrogen-bond acceptors (Lipinski definition) is 3. The molecule has 1 fully saturated rings. The van der Waals surface area contributed by atoms with E-state index in [2.05, 4.69) is 23.1 Å². The topological polar surface area (TPSA) is 38.0 Å². The highest BCUT2D eigenvalue weighted by molar-refractivity contribution is 7.08. The van der Waals surface area contributed by atoms with Gasteiger partial charge in [-0.15, -0.1) is 0 Å². The standard InChI is InChI=1S/C12H20N2S/c1-9-7-15-8-11(9)12(14-13)6-10-4-2-3-5-10/h7-8,10,12,14H,2-6,13H2,1H3. The molecule has 0 spiro atoms. The van der Waals surface area contributed by atoms with Crippen LogP contribution in [0.3, 0.4) is 0 Å². The van der Waals surface area contributed by atoms with Crippen molar-refractivity contribution in [3.63, 3.8) is 0 Å². The van der Waals surface area contributed by atoms with Crippen molar-refractivity contribution in [2.45, 2.75) is 45.1 Å². The van der Waals surface area contributed by atoms with Gasteiger partial charge >= 0.3 is 0 Å². The Morgan fingerprint density at radius 3 is 2.73 bits per heavy atom. The lowest BCUT2D eigenvalue weighted by Gasteiger charge is -2.19. The number of thiophene rings is 1. The molecule has 1 aromatic rings. The fourth-order valence-electron chi connectivity index (χ4n) is 2.59. The van der Waals surface area contributed by atoms with Gasteiger partial charge in [0.15, 0.2) is 0 Å². The molecule has 1 heterocycles. The summed E-state index contributed by atoms with van der Waals surface area (Å²) in [6, 6.07) is 0.361. The summed E-state index contributed by atoms with van der Waals surface area (Å²) in [6.07, 6.45) is 6.80. The molecule has 0 radical (unpaired) electrons. The van der Waals surface area contributed by atoms with Crippen molar-refractivity contribution in [1.82, 2.24) is 5.43 Å². The van der Waals surface area contributed by atoms with Crippen molar-refractivity contribution in [2.75, 3.05) is 0 Å². The van der Waals surface area contributed by atoms with E-state index in [0.717, 1.165) is 5.92 Å². The maximum atomic E-state index is 5.67. The maximum absolute atomic E-state index is 5.67. The van der Waals surface area contributed by atoms with Gasteiger partial charge in [0, 0.05) is 6.04 Å². The normalized spacial score (nSPS) is 19.6. The zero-order chi connectivity index (χ0) is 10.7. The van der Waals surface area contributed by atoms with Crippen molar-refractivity contribution in [2.24, 2.45) is 11.8 Å². The van der Waals surface area contributed by atoms with Crippen LogP contribution < -0.4 is 11.3 Å². The smallest absolute Gasteiger partial charge is 0.0473 e. The third-order valence-corrected chi connectivity index (χ3v) is 4.40. The third kappa shape index (κ3) is 2.60. The van der Waals surface area contributed by atoms with Gasteiger partial charge in [-0.25, -0.2) is 0 Å². The second-order valence-electron chi connectivity index (χ2n) is 4.62. The summed E-state index contributed by atoms with van der Waals surface area (Å²) in [5.41, 5.74) is 5.75. The van der Waals surface area contributed by atoms with Gasteiger partial charge in [-0.2, -0.15) is 11.3 Å². The van der Waals surface area contributed by atoms with Crippen LogP contribution in [-0.2, 0) is 0 Å². The summed E-state index contributed by atoms with van der Waals surface area (Å²) < 4.78 is 0. The first kappa shape index (κ1) is 11.1. The Hall–Kier alpha value is -0.380. The van der Waals surface area contributed by atoms with Crippen LogP contribution in [0.4, 0.5) is 0 Å². The molecule has 1 atom stereocenters. The van der Waals surface area contributed by atoms with Crippen LogP contribution in [-0.4, -0.2) is 0 Å². The molecule has 3 N–H and O–H groups in total. The Morgan fingerprint density at radius 2 is 2.20 bits per heavy atom. The van der Waals surface area contributed by atoms with Crippen molar-refractivity contribution < 1.29 is 0 Å². The molecule has 15 heavy (non-hydrogen) atoms. The van der Waals surface area contributed by atoms with Crippen LogP contribution in [0, 0.1) is 12.8 Å². The predicted octanol–water partition coefficient (Wildman–Crippen LogP) is 3.14. The van der Waals surface area contributed by atoms with Crippen LogP contribution in [0.5, 0.6) is 0 Å². The van der Waals surface area contributed by atoms with E-state index < -0.39 is 0 Å². The summed E-state index contributed by atoms with van der Waals surface area (Å²) in [4.78, 5) is 0. The lowest BCUT2D eigenvalue weighted by molar-refractivity contribution is 0.400. The number of hydrogen-bond donors (Lipinski definition) is 2. The van der Waals surface area contributed by atoms with E-state index in [1.54, 1.807) is 11.3 Å². The van der Waals surface area contributed by atoms with Gasteiger partial charge in [0.05, 0.1) is 0 Å². The number of aryl methyl sites for hydroxylation is 1. The van der Waals surface area contributed by atoms with Crippen LogP contribution >= 0.6 is 11.3 Å². The van der Waals surface area contributed by atoms with E-state index in [4.69, 9.17) is 5.84 Å². The zero-order valence-electron chi connectivity index (χ0n) is 9.33. The highest BCUT2D eigenvalue weighted by Gasteiger charge is 2.21. The van der Waals surface area contributed by atoms with E-state index in [1.165, 1.54) is 43.2 Å². The Bertz CT molecular complexity index is 302. The lowest BCUT2D eigenvalue weighted by Crippen LogP contribution is -2.29. The summed E-state index contributed by atoms with van der Waals surface area (Å²) >= 11 is 1.77. The minimum atomic E-state index is 0.361. The molecule has 0 saturated heterocycles. The van der Waals surface area contributed by atoms with E-state index in [1.807, 2.05) is 0 Å². The third-order valence-electron chi connectivity index (χ3n) is 3.52. The van der Waals surface area contributed by atoms with Gasteiger partial charge in [0.2, 0.25) is 0 Å².